The van der Waals surface area contributed by atoms with Gasteiger partial charge in [-0.1, -0.05) is 0 Å². The van der Waals surface area contributed by atoms with Crippen molar-refractivity contribution in [1.82, 2.24) is 9.97 Å². The normalized spacial score (nSPS) is 12.1. The summed E-state index contributed by atoms with van der Waals surface area (Å²) in [5, 5.41) is 0. The van der Waals surface area contributed by atoms with Crippen LogP contribution < -0.4 is 9.08 Å². The molecule has 1 heterocycles. The minimum atomic E-state index is -5.92. The van der Waals surface area contributed by atoms with E-state index in [2.05, 4.69) is 18.9 Å². The number of esters is 1. The number of ether oxygens (including phenoxy) is 1. The Kier molecular flexibility index (Phi) is 5.78. The Hall–Kier alpha value is -2.63. The molecule has 0 N–H and O–H groups in total. The van der Waals surface area contributed by atoms with Crippen molar-refractivity contribution in [2.45, 2.75) is 19.4 Å². The number of nitrogens with zero attached hydrogens (tertiary/aromatic N) is 3. The molecule has 2 rings (SSSR count). The van der Waals surface area contributed by atoms with Gasteiger partial charge in [0.25, 0.3) is 5.88 Å². The molecule has 0 atom stereocenters. The maximum Gasteiger partial charge on any atom is 0.534 e. The van der Waals surface area contributed by atoms with E-state index >= 15 is 0 Å². The molecule has 2 aromatic rings. The molecule has 0 spiro atoms. The first kappa shape index (κ1) is 20.7. The van der Waals surface area contributed by atoms with Crippen molar-refractivity contribution in [3.63, 3.8) is 0 Å². The molecule has 0 saturated carbocycles. The standard InChI is InChI=1S/C15H16F3N3O5S/c1-4-21(5-2)12-13(26-27(23,24)15(16,17)18)20-10-7-6-9(14(22)25-3)8-11(10)19-12/h6-8H,4-5H2,1-3H3. The third-order valence-corrected chi connectivity index (χ3v) is 4.52. The second-order valence-electron chi connectivity index (χ2n) is 5.20. The van der Waals surface area contributed by atoms with E-state index in [9.17, 15) is 26.4 Å². The second kappa shape index (κ2) is 7.55. The number of hydrogen-bond acceptors (Lipinski definition) is 8. The van der Waals surface area contributed by atoms with Crippen LogP contribution in [0.15, 0.2) is 18.2 Å². The third kappa shape index (κ3) is 4.21. The second-order valence-corrected chi connectivity index (χ2v) is 6.74. The number of rotatable bonds is 6. The van der Waals surface area contributed by atoms with Gasteiger partial charge in [0.05, 0.1) is 23.7 Å². The van der Waals surface area contributed by atoms with Crippen molar-refractivity contribution < 1.29 is 35.3 Å². The van der Waals surface area contributed by atoms with Crippen LogP contribution in [0.4, 0.5) is 19.0 Å². The Morgan fingerprint density at radius 3 is 2.30 bits per heavy atom. The fourth-order valence-electron chi connectivity index (χ4n) is 2.21. The van der Waals surface area contributed by atoms with E-state index in [4.69, 9.17) is 0 Å². The van der Waals surface area contributed by atoms with E-state index in [1.165, 1.54) is 30.2 Å². The number of carbonyl (C=O) groups is 1. The molecule has 0 amide bonds. The van der Waals surface area contributed by atoms with Crippen LogP contribution >= 0.6 is 0 Å². The summed E-state index contributed by atoms with van der Waals surface area (Å²) < 4.78 is 69.7. The van der Waals surface area contributed by atoms with Gasteiger partial charge in [-0.15, -0.1) is 0 Å². The van der Waals surface area contributed by atoms with Gasteiger partial charge in [-0.3, -0.25) is 0 Å². The summed E-state index contributed by atoms with van der Waals surface area (Å²) in [7, 11) is -4.73. The lowest BCUT2D eigenvalue weighted by Crippen LogP contribution is -2.30. The number of anilines is 1. The van der Waals surface area contributed by atoms with Crippen LogP contribution in [0.2, 0.25) is 0 Å². The highest BCUT2D eigenvalue weighted by Gasteiger charge is 2.49. The highest BCUT2D eigenvalue weighted by atomic mass is 32.2. The van der Waals surface area contributed by atoms with Crippen molar-refractivity contribution in [1.29, 1.82) is 0 Å². The van der Waals surface area contributed by atoms with Gasteiger partial charge in [-0.2, -0.15) is 21.6 Å². The van der Waals surface area contributed by atoms with E-state index in [0.29, 0.717) is 13.1 Å². The molecule has 1 aromatic heterocycles. The first-order valence-corrected chi connectivity index (χ1v) is 9.10. The molecule has 1 aromatic carbocycles. The summed E-state index contributed by atoms with van der Waals surface area (Å²) >= 11 is 0. The highest BCUT2D eigenvalue weighted by Crippen LogP contribution is 2.32. The molecule has 0 radical (unpaired) electrons. The Bertz CT molecular complexity index is 959. The number of alkyl halides is 3. The molecule has 148 valence electrons. The van der Waals surface area contributed by atoms with E-state index in [1.54, 1.807) is 13.8 Å². The van der Waals surface area contributed by atoms with E-state index < -0.39 is 27.5 Å². The van der Waals surface area contributed by atoms with E-state index in [-0.39, 0.29) is 22.4 Å². The van der Waals surface area contributed by atoms with Gasteiger partial charge in [-0.25, -0.2) is 14.8 Å². The molecule has 8 nitrogen and oxygen atoms in total. The number of benzene rings is 1. The summed E-state index contributed by atoms with van der Waals surface area (Å²) in [6, 6.07) is 3.96. The number of carbonyl (C=O) groups excluding carboxylic acids is 1. The Labute approximate surface area is 153 Å². The number of aromatic nitrogens is 2. The molecule has 0 aliphatic heterocycles. The first-order valence-electron chi connectivity index (χ1n) is 7.69. The molecule has 0 aliphatic carbocycles. The van der Waals surface area contributed by atoms with E-state index in [1.807, 2.05) is 0 Å². The minimum Gasteiger partial charge on any atom is -0.465 e. The Morgan fingerprint density at radius 2 is 1.78 bits per heavy atom. The molecular weight excluding hydrogens is 391 g/mol. The lowest BCUT2D eigenvalue weighted by atomic mass is 10.2. The zero-order valence-corrected chi connectivity index (χ0v) is 15.4. The molecule has 0 bridgehead atoms. The topological polar surface area (TPSA) is 98.7 Å². The van der Waals surface area contributed by atoms with Crippen LogP contribution in [0.1, 0.15) is 24.2 Å². The Morgan fingerprint density at radius 1 is 1.15 bits per heavy atom. The van der Waals surface area contributed by atoms with Crippen LogP contribution in [0.3, 0.4) is 0 Å². The highest BCUT2D eigenvalue weighted by molar-refractivity contribution is 7.88. The summed E-state index contributed by atoms with van der Waals surface area (Å²) in [5.41, 5.74) is -5.25. The van der Waals surface area contributed by atoms with Gasteiger partial charge in [-0.05, 0) is 32.0 Å². The summed E-state index contributed by atoms with van der Waals surface area (Å²) in [6.07, 6.45) is 0. The molecule has 0 fully saturated rings. The average molecular weight is 407 g/mol. The van der Waals surface area contributed by atoms with Crippen molar-refractivity contribution >= 4 is 32.9 Å². The zero-order valence-electron chi connectivity index (χ0n) is 14.6. The van der Waals surface area contributed by atoms with Gasteiger partial charge in [0.2, 0.25) is 0 Å². The monoisotopic (exact) mass is 407 g/mol. The van der Waals surface area contributed by atoms with Gasteiger partial charge >= 0.3 is 21.6 Å². The van der Waals surface area contributed by atoms with Crippen molar-refractivity contribution in [2.24, 2.45) is 0 Å². The maximum absolute atomic E-state index is 12.7. The fraction of sp³-hybridized carbons (Fsp3) is 0.400. The third-order valence-electron chi connectivity index (χ3n) is 3.57. The first-order chi connectivity index (χ1) is 12.5. The van der Waals surface area contributed by atoms with Crippen LogP contribution in [-0.4, -0.2) is 50.1 Å². The summed E-state index contributed by atoms with van der Waals surface area (Å²) in [5.74, 6) is -1.63. The van der Waals surface area contributed by atoms with E-state index in [0.717, 1.165) is 0 Å². The summed E-state index contributed by atoms with van der Waals surface area (Å²) in [6.45, 7) is 4.00. The Balaban J connectivity index is 2.67. The molecule has 0 aliphatic rings. The lowest BCUT2D eigenvalue weighted by Gasteiger charge is -2.22. The van der Waals surface area contributed by atoms with Gasteiger partial charge < -0.3 is 13.8 Å². The largest absolute Gasteiger partial charge is 0.534 e. The van der Waals surface area contributed by atoms with Crippen molar-refractivity contribution in [3.8, 4) is 5.88 Å². The van der Waals surface area contributed by atoms with Crippen LogP contribution in [0.5, 0.6) is 5.88 Å². The summed E-state index contributed by atoms with van der Waals surface area (Å²) in [4.78, 5) is 21.1. The van der Waals surface area contributed by atoms with Gasteiger partial charge in [0.15, 0.2) is 5.82 Å². The number of methoxy groups -OCH3 is 1. The lowest BCUT2D eigenvalue weighted by molar-refractivity contribution is -0.0501. The molecule has 0 saturated heterocycles. The van der Waals surface area contributed by atoms with Crippen LogP contribution in [-0.2, 0) is 14.9 Å². The predicted molar refractivity (Wildman–Crippen MR) is 90.0 cm³/mol. The minimum absolute atomic E-state index is 0.0472. The van der Waals surface area contributed by atoms with Gasteiger partial charge in [0, 0.05) is 13.1 Å². The fourth-order valence-corrected chi connectivity index (χ4v) is 2.62. The number of fused-ring (bicyclic) bond motifs is 1. The predicted octanol–water partition coefficient (Wildman–Crippen LogP) is 2.49. The average Bonchev–Trinajstić information content (AvgIpc) is 2.60. The molecule has 12 heteroatoms. The zero-order chi connectivity index (χ0) is 20.4. The molecular formula is C15H16F3N3O5S. The maximum atomic E-state index is 12.7. The van der Waals surface area contributed by atoms with Crippen molar-refractivity contribution in [3.05, 3.63) is 23.8 Å². The smallest absolute Gasteiger partial charge is 0.465 e. The van der Waals surface area contributed by atoms with Crippen molar-refractivity contribution in [2.75, 3.05) is 25.1 Å². The van der Waals surface area contributed by atoms with Crippen LogP contribution in [0, 0.1) is 0 Å². The SMILES string of the molecule is CCN(CC)c1nc2cc(C(=O)OC)ccc2nc1OS(=O)(=O)C(F)(F)F. The molecule has 27 heavy (non-hydrogen) atoms. The number of halogens is 3. The van der Waals surface area contributed by atoms with Crippen LogP contribution in [0.25, 0.3) is 11.0 Å². The number of hydrogen-bond donors (Lipinski definition) is 0. The molecule has 0 unspecified atom stereocenters. The quantitative estimate of drug-likeness (QED) is 0.409. The van der Waals surface area contributed by atoms with Gasteiger partial charge in [0.1, 0.15) is 0 Å².